The molecule has 2 nitrogen and oxygen atoms in total. The lowest BCUT2D eigenvalue weighted by Crippen LogP contribution is -1.76. The lowest BCUT2D eigenvalue weighted by atomic mass is 10.2. The highest BCUT2D eigenvalue weighted by Crippen LogP contribution is 2.21. The second kappa shape index (κ2) is 3.52. The van der Waals surface area contributed by atoms with Crippen molar-refractivity contribution in [3.05, 3.63) is 40.0 Å². The van der Waals surface area contributed by atoms with Crippen LogP contribution in [0.1, 0.15) is 0 Å². The monoisotopic (exact) mass is 256 g/mol. The molecular formula is C9H6BrClN2. The van der Waals surface area contributed by atoms with E-state index in [0.717, 1.165) is 15.7 Å². The van der Waals surface area contributed by atoms with E-state index in [-0.39, 0.29) is 0 Å². The Kier molecular flexibility index (Phi) is 2.38. The van der Waals surface area contributed by atoms with Crippen LogP contribution in [0.4, 0.5) is 0 Å². The maximum Gasteiger partial charge on any atom is 0.124 e. The van der Waals surface area contributed by atoms with E-state index in [0.29, 0.717) is 5.15 Å². The van der Waals surface area contributed by atoms with Crippen LogP contribution in [-0.4, -0.2) is 10.2 Å². The zero-order valence-corrected chi connectivity index (χ0v) is 8.93. The molecule has 1 heterocycles. The molecule has 0 aliphatic heterocycles. The zero-order valence-electron chi connectivity index (χ0n) is 6.59. The van der Waals surface area contributed by atoms with Gasteiger partial charge in [0.05, 0.1) is 5.69 Å². The first-order valence-corrected chi connectivity index (χ1v) is 4.89. The van der Waals surface area contributed by atoms with Crippen molar-refractivity contribution < 1.29 is 0 Å². The highest BCUT2D eigenvalue weighted by molar-refractivity contribution is 9.10. The van der Waals surface area contributed by atoms with Gasteiger partial charge >= 0.3 is 0 Å². The standard InChI is InChI=1S/C9H6BrClN2/c10-7-3-1-6(2-4-7)8-5-9(11)13-12-8/h1-5H,(H,12,13). The summed E-state index contributed by atoms with van der Waals surface area (Å²) in [6, 6.07) is 9.70. The number of nitrogens with one attached hydrogen (secondary N) is 1. The molecule has 0 bridgehead atoms. The zero-order chi connectivity index (χ0) is 9.26. The molecule has 1 aromatic carbocycles. The molecule has 0 aliphatic carbocycles. The van der Waals surface area contributed by atoms with E-state index < -0.39 is 0 Å². The average molecular weight is 258 g/mol. The fraction of sp³-hybridized carbons (Fsp3) is 0. The molecule has 0 radical (unpaired) electrons. The molecule has 0 aliphatic rings. The molecule has 13 heavy (non-hydrogen) atoms. The van der Waals surface area contributed by atoms with Gasteiger partial charge in [0.1, 0.15) is 5.15 Å². The highest BCUT2D eigenvalue weighted by atomic mass is 79.9. The quantitative estimate of drug-likeness (QED) is 0.832. The number of hydrogen-bond acceptors (Lipinski definition) is 1. The minimum Gasteiger partial charge on any atom is -0.267 e. The van der Waals surface area contributed by atoms with E-state index in [4.69, 9.17) is 11.6 Å². The van der Waals surface area contributed by atoms with Crippen LogP contribution in [0.3, 0.4) is 0 Å². The Morgan fingerprint density at radius 3 is 2.46 bits per heavy atom. The Morgan fingerprint density at radius 2 is 1.92 bits per heavy atom. The van der Waals surface area contributed by atoms with Crippen molar-refractivity contribution in [1.82, 2.24) is 10.2 Å². The van der Waals surface area contributed by atoms with Gasteiger partial charge in [-0.3, -0.25) is 5.10 Å². The van der Waals surface area contributed by atoms with Crippen molar-refractivity contribution in [2.24, 2.45) is 0 Å². The number of rotatable bonds is 1. The molecule has 0 unspecified atom stereocenters. The van der Waals surface area contributed by atoms with E-state index in [2.05, 4.69) is 26.1 Å². The number of halogens is 2. The molecule has 2 aromatic rings. The van der Waals surface area contributed by atoms with Crippen LogP contribution in [0.15, 0.2) is 34.8 Å². The summed E-state index contributed by atoms with van der Waals surface area (Å²) in [5, 5.41) is 7.28. The smallest absolute Gasteiger partial charge is 0.124 e. The molecule has 0 saturated carbocycles. The van der Waals surface area contributed by atoms with Crippen LogP contribution >= 0.6 is 27.5 Å². The summed E-state index contributed by atoms with van der Waals surface area (Å²) in [6.07, 6.45) is 0. The summed E-state index contributed by atoms with van der Waals surface area (Å²) in [5.41, 5.74) is 1.91. The summed E-state index contributed by atoms with van der Waals surface area (Å²) >= 11 is 9.08. The van der Waals surface area contributed by atoms with Gasteiger partial charge in [-0.25, -0.2) is 0 Å². The Labute approximate surface area is 89.1 Å². The predicted molar refractivity (Wildman–Crippen MR) is 56.7 cm³/mol. The van der Waals surface area contributed by atoms with E-state index in [1.54, 1.807) is 6.07 Å². The maximum atomic E-state index is 5.71. The van der Waals surface area contributed by atoms with Gasteiger partial charge < -0.3 is 0 Å². The largest absolute Gasteiger partial charge is 0.267 e. The number of hydrogen-bond donors (Lipinski definition) is 1. The van der Waals surface area contributed by atoms with Gasteiger partial charge in [-0.15, -0.1) is 0 Å². The van der Waals surface area contributed by atoms with E-state index in [1.807, 2.05) is 24.3 Å². The molecule has 0 atom stereocenters. The van der Waals surface area contributed by atoms with Gasteiger partial charge in [-0.05, 0) is 12.1 Å². The van der Waals surface area contributed by atoms with Crippen molar-refractivity contribution >= 4 is 27.5 Å². The normalized spacial score (nSPS) is 10.3. The van der Waals surface area contributed by atoms with E-state index in [9.17, 15) is 0 Å². The van der Waals surface area contributed by atoms with Crippen LogP contribution in [0.2, 0.25) is 5.15 Å². The third-order valence-electron chi connectivity index (χ3n) is 1.69. The first kappa shape index (κ1) is 8.78. The molecular weight excluding hydrogens is 251 g/mol. The Morgan fingerprint density at radius 1 is 1.23 bits per heavy atom. The third kappa shape index (κ3) is 1.92. The molecule has 1 aromatic heterocycles. The summed E-state index contributed by atoms with van der Waals surface area (Å²) in [5.74, 6) is 0. The van der Waals surface area contributed by atoms with Crippen molar-refractivity contribution in [2.45, 2.75) is 0 Å². The number of nitrogens with zero attached hydrogens (tertiary/aromatic N) is 1. The molecule has 4 heteroatoms. The summed E-state index contributed by atoms with van der Waals surface area (Å²) in [7, 11) is 0. The van der Waals surface area contributed by atoms with Crippen LogP contribution in [-0.2, 0) is 0 Å². The van der Waals surface area contributed by atoms with Crippen molar-refractivity contribution in [3.63, 3.8) is 0 Å². The lowest BCUT2D eigenvalue weighted by Gasteiger charge is -1.94. The Balaban J connectivity index is 2.41. The molecule has 0 fully saturated rings. The van der Waals surface area contributed by atoms with Gasteiger partial charge in [0.25, 0.3) is 0 Å². The summed E-state index contributed by atoms with van der Waals surface area (Å²) in [4.78, 5) is 0. The number of H-pyrrole nitrogens is 1. The summed E-state index contributed by atoms with van der Waals surface area (Å²) in [6.45, 7) is 0. The predicted octanol–water partition coefficient (Wildman–Crippen LogP) is 3.49. The molecule has 0 saturated heterocycles. The Hall–Kier alpha value is -0.800. The third-order valence-corrected chi connectivity index (χ3v) is 2.41. The second-order valence-electron chi connectivity index (χ2n) is 2.61. The molecule has 66 valence electrons. The van der Waals surface area contributed by atoms with Gasteiger partial charge in [0.2, 0.25) is 0 Å². The van der Waals surface area contributed by atoms with Gasteiger partial charge in [0.15, 0.2) is 0 Å². The van der Waals surface area contributed by atoms with Gasteiger partial charge in [-0.2, -0.15) is 5.10 Å². The average Bonchev–Trinajstić information content (AvgIpc) is 2.53. The first-order chi connectivity index (χ1) is 6.25. The molecule has 0 amide bonds. The molecule has 2 rings (SSSR count). The van der Waals surface area contributed by atoms with Crippen molar-refractivity contribution in [2.75, 3.05) is 0 Å². The van der Waals surface area contributed by atoms with Crippen LogP contribution in [0.25, 0.3) is 11.3 Å². The van der Waals surface area contributed by atoms with Crippen molar-refractivity contribution in [3.8, 4) is 11.3 Å². The fourth-order valence-corrected chi connectivity index (χ4v) is 1.48. The second-order valence-corrected chi connectivity index (χ2v) is 3.93. The molecule has 1 N–H and O–H groups in total. The minimum atomic E-state index is 0.554. The maximum absolute atomic E-state index is 5.71. The Bertz CT molecular complexity index is 408. The lowest BCUT2D eigenvalue weighted by molar-refractivity contribution is 1.10. The highest BCUT2D eigenvalue weighted by Gasteiger charge is 2.01. The number of aromatic nitrogens is 2. The van der Waals surface area contributed by atoms with Crippen LogP contribution in [0.5, 0.6) is 0 Å². The SMILES string of the molecule is Clc1cc(-c2ccc(Br)cc2)n[nH]1. The minimum absolute atomic E-state index is 0.554. The van der Waals surface area contributed by atoms with E-state index >= 15 is 0 Å². The topological polar surface area (TPSA) is 28.7 Å². The molecule has 0 spiro atoms. The van der Waals surface area contributed by atoms with E-state index in [1.165, 1.54) is 0 Å². The number of benzene rings is 1. The van der Waals surface area contributed by atoms with Gasteiger partial charge in [0, 0.05) is 16.1 Å². The first-order valence-electron chi connectivity index (χ1n) is 3.72. The van der Waals surface area contributed by atoms with Crippen LogP contribution < -0.4 is 0 Å². The van der Waals surface area contributed by atoms with Crippen molar-refractivity contribution in [1.29, 1.82) is 0 Å². The fourth-order valence-electron chi connectivity index (χ4n) is 1.07. The van der Waals surface area contributed by atoms with Gasteiger partial charge in [-0.1, -0.05) is 39.7 Å². The number of aromatic amines is 1. The summed E-state index contributed by atoms with van der Waals surface area (Å²) < 4.78 is 1.05. The van der Waals surface area contributed by atoms with Crippen LogP contribution in [0, 0.1) is 0 Å².